The van der Waals surface area contributed by atoms with Crippen LogP contribution in [-0.2, 0) is 12.7 Å². The van der Waals surface area contributed by atoms with E-state index in [1.54, 1.807) is 0 Å². The summed E-state index contributed by atoms with van der Waals surface area (Å²) in [6.07, 6.45) is -2.14. The lowest BCUT2D eigenvalue weighted by atomic mass is 9.76. The lowest BCUT2D eigenvalue weighted by molar-refractivity contribution is -0.137. The zero-order valence-electron chi connectivity index (χ0n) is 20.3. The number of nitrogens with zero attached hydrogens (tertiary/aromatic N) is 1. The highest BCUT2D eigenvalue weighted by atomic mass is 19.4. The number of aryl methyl sites for hydroxylation is 1. The highest BCUT2D eigenvalue weighted by molar-refractivity contribution is 5.59. The van der Waals surface area contributed by atoms with Crippen LogP contribution in [0.15, 0.2) is 95.4 Å². The number of piperidine rings is 1. The van der Waals surface area contributed by atoms with Gasteiger partial charge in [-0.2, -0.15) is 13.2 Å². The van der Waals surface area contributed by atoms with Crippen molar-refractivity contribution in [3.05, 3.63) is 119 Å². The predicted octanol–water partition coefficient (Wildman–Crippen LogP) is 8.32. The number of likely N-dealkylation sites (tertiary alicyclic amines) is 1. The van der Waals surface area contributed by atoms with Crippen LogP contribution in [0.4, 0.5) is 13.2 Å². The maximum Gasteiger partial charge on any atom is 0.416 e. The zero-order valence-corrected chi connectivity index (χ0v) is 20.3. The van der Waals surface area contributed by atoms with Crippen molar-refractivity contribution in [3.8, 4) is 11.3 Å². The van der Waals surface area contributed by atoms with Crippen LogP contribution >= 0.6 is 0 Å². The Morgan fingerprint density at radius 2 is 1.39 bits per heavy atom. The first kappa shape index (κ1) is 24.4. The maximum atomic E-state index is 12.9. The summed E-state index contributed by atoms with van der Waals surface area (Å²) in [5.41, 5.74) is 3.76. The lowest BCUT2D eigenvalue weighted by Crippen LogP contribution is -2.35. The van der Waals surface area contributed by atoms with Crippen LogP contribution in [0.5, 0.6) is 0 Å². The van der Waals surface area contributed by atoms with E-state index in [0.717, 1.165) is 49.4 Å². The van der Waals surface area contributed by atoms with Gasteiger partial charge in [0.2, 0.25) is 0 Å². The van der Waals surface area contributed by atoms with Crippen molar-refractivity contribution >= 4 is 0 Å². The molecule has 0 saturated carbocycles. The lowest BCUT2D eigenvalue weighted by Gasteiger charge is -2.36. The molecule has 186 valence electrons. The molecular formula is C31H30F3NO. The van der Waals surface area contributed by atoms with Crippen LogP contribution in [-0.4, -0.2) is 18.0 Å². The summed E-state index contributed by atoms with van der Waals surface area (Å²) < 4.78 is 44.8. The molecule has 1 aliphatic heterocycles. The van der Waals surface area contributed by atoms with Gasteiger partial charge in [-0.3, -0.25) is 4.90 Å². The first-order valence-corrected chi connectivity index (χ1v) is 12.5. The Morgan fingerprint density at radius 1 is 0.833 bits per heavy atom. The zero-order chi connectivity index (χ0) is 25.1. The summed E-state index contributed by atoms with van der Waals surface area (Å²) in [6.45, 7) is 4.67. The van der Waals surface area contributed by atoms with Gasteiger partial charge < -0.3 is 4.42 Å². The average molecular weight is 490 g/mol. The largest absolute Gasteiger partial charge is 0.459 e. The first-order chi connectivity index (χ1) is 17.4. The monoisotopic (exact) mass is 489 g/mol. The van der Waals surface area contributed by atoms with Gasteiger partial charge in [-0.25, -0.2) is 0 Å². The molecule has 0 amide bonds. The second-order valence-electron chi connectivity index (χ2n) is 9.70. The summed E-state index contributed by atoms with van der Waals surface area (Å²) in [5.74, 6) is 2.43. The van der Waals surface area contributed by atoms with Crippen molar-refractivity contribution in [3.63, 3.8) is 0 Å². The smallest absolute Gasteiger partial charge is 0.416 e. The SMILES string of the molecule is Cc1cc(-c2ccc(C(F)(F)F)cc2)oc1CN1CCC(C(c2ccccc2)c2ccccc2)CC1. The molecule has 1 aliphatic rings. The molecule has 1 saturated heterocycles. The predicted molar refractivity (Wildman–Crippen MR) is 137 cm³/mol. The molecule has 0 N–H and O–H groups in total. The third-order valence-electron chi connectivity index (χ3n) is 7.31. The van der Waals surface area contributed by atoms with Gasteiger partial charge in [-0.05, 0) is 73.7 Å². The molecule has 1 fully saturated rings. The van der Waals surface area contributed by atoms with Gasteiger partial charge in [-0.1, -0.05) is 72.8 Å². The standard InChI is InChI=1S/C31H30F3NO/c1-22-20-28(23-12-14-27(15-13-23)31(32,33)34)36-29(22)21-35-18-16-26(17-19-35)30(24-8-4-2-5-9-24)25-10-6-3-7-11-25/h2-15,20,26,30H,16-19,21H2,1H3. The molecule has 2 nitrogen and oxygen atoms in total. The molecule has 0 radical (unpaired) electrons. The molecule has 5 heteroatoms. The summed E-state index contributed by atoms with van der Waals surface area (Å²) >= 11 is 0. The second-order valence-corrected chi connectivity index (χ2v) is 9.70. The van der Waals surface area contributed by atoms with Crippen molar-refractivity contribution in [2.45, 2.75) is 38.4 Å². The number of hydrogen-bond acceptors (Lipinski definition) is 2. The van der Waals surface area contributed by atoms with Crippen molar-refractivity contribution in [1.29, 1.82) is 0 Å². The highest BCUT2D eigenvalue weighted by Crippen LogP contribution is 2.38. The van der Waals surface area contributed by atoms with E-state index in [0.29, 0.717) is 29.7 Å². The van der Waals surface area contributed by atoms with Gasteiger partial charge in [0.25, 0.3) is 0 Å². The van der Waals surface area contributed by atoms with Crippen molar-refractivity contribution in [1.82, 2.24) is 4.90 Å². The minimum absolute atomic E-state index is 0.381. The second kappa shape index (κ2) is 10.4. The Morgan fingerprint density at radius 3 is 1.92 bits per heavy atom. The van der Waals surface area contributed by atoms with E-state index in [9.17, 15) is 13.2 Å². The molecule has 0 aliphatic carbocycles. The minimum atomic E-state index is -4.34. The molecule has 0 spiro atoms. The molecule has 4 aromatic rings. The number of furan rings is 1. The number of halogens is 3. The van der Waals surface area contributed by atoms with Crippen LogP contribution in [0, 0.1) is 12.8 Å². The number of hydrogen-bond donors (Lipinski definition) is 0. The molecule has 0 unspecified atom stereocenters. The van der Waals surface area contributed by atoms with Crippen molar-refractivity contribution in [2.24, 2.45) is 5.92 Å². The van der Waals surface area contributed by atoms with E-state index in [2.05, 4.69) is 65.6 Å². The fraction of sp³-hybridized carbons (Fsp3) is 0.290. The molecule has 0 atom stereocenters. The van der Waals surface area contributed by atoms with Gasteiger partial charge in [0.05, 0.1) is 12.1 Å². The van der Waals surface area contributed by atoms with E-state index < -0.39 is 11.7 Å². The van der Waals surface area contributed by atoms with Gasteiger partial charge in [0.15, 0.2) is 0 Å². The van der Waals surface area contributed by atoms with Crippen molar-refractivity contribution in [2.75, 3.05) is 13.1 Å². The Kier molecular flexibility index (Phi) is 7.01. The molecule has 1 aromatic heterocycles. The van der Waals surface area contributed by atoms with Crippen LogP contribution in [0.2, 0.25) is 0 Å². The normalized spacial score (nSPS) is 15.5. The number of alkyl halides is 3. The summed E-state index contributed by atoms with van der Waals surface area (Å²) in [5, 5.41) is 0. The molecule has 0 bridgehead atoms. The van der Waals surface area contributed by atoms with Gasteiger partial charge >= 0.3 is 6.18 Å². The Labute approximate surface area is 210 Å². The first-order valence-electron chi connectivity index (χ1n) is 12.5. The Hall–Kier alpha value is -3.31. The van der Waals surface area contributed by atoms with Crippen molar-refractivity contribution < 1.29 is 17.6 Å². The third kappa shape index (κ3) is 5.41. The van der Waals surface area contributed by atoms with Crippen LogP contribution in [0.3, 0.4) is 0 Å². The molecular weight excluding hydrogens is 459 g/mol. The fourth-order valence-corrected chi connectivity index (χ4v) is 5.35. The van der Waals surface area contributed by atoms with E-state index in [4.69, 9.17) is 4.42 Å². The van der Waals surface area contributed by atoms with Gasteiger partial charge in [-0.15, -0.1) is 0 Å². The average Bonchev–Trinajstić information content (AvgIpc) is 3.26. The van der Waals surface area contributed by atoms with E-state index >= 15 is 0 Å². The summed E-state index contributed by atoms with van der Waals surface area (Å²) in [4.78, 5) is 2.42. The van der Waals surface area contributed by atoms with E-state index in [1.807, 2.05) is 13.0 Å². The van der Waals surface area contributed by atoms with E-state index in [-0.39, 0.29) is 0 Å². The minimum Gasteiger partial charge on any atom is -0.459 e. The molecule has 2 heterocycles. The highest BCUT2D eigenvalue weighted by Gasteiger charge is 2.31. The van der Waals surface area contributed by atoms with Crippen LogP contribution in [0.25, 0.3) is 11.3 Å². The summed E-state index contributed by atoms with van der Waals surface area (Å²) in [7, 11) is 0. The maximum absolute atomic E-state index is 12.9. The Balaban J connectivity index is 1.26. The van der Waals surface area contributed by atoms with Crippen LogP contribution in [0.1, 0.15) is 46.8 Å². The molecule has 3 aromatic carbocycles. The number of rotatable bonds is 6. The van der Waals surface area contributed by atoms with Crippen LogP contribution < -0.4 is 0 Å². The Bertz CT molecular complexity index is 1220. The molecule has 36 heavy (non-hydrogen) atoms. The quantitative estimate of drug-likeness (QED) is 0.271. The summed E-state index contributed by atoms with van der Waals surface area (Å²) in [6, 6.07) is 28.6. The third-order valence-corrected chi connectivity index (χ3v) is 7.31. The molecule has 5 rings (SSSR count). The fourth-order valence-electron chi connectivity index (χ4n) is 5.35. The van der Waals surface area contributed by atoms with Gasteiger partial charge in [0.1, 0.15) is 11.5 Å². The van der Waals surface area contributed by atoms with E-state index in [1.165, 1.54) is 23.3 Å². The number of benzene rings is 3. The topological polar surface area (TPSA) is 16.4 Å². The van der Waals surface area contributed by atoms with Gasteiger partial charge in [0, 0.05) is 11.5 Å².